The maximum absolute atomic E-state index is 14.5. The molecule has 2 aliphatic heterocycles. The molecule has 29 heavy (non-hydrogen) atoms. The summed E-state index contributed by atoms with van der Waals surface area (Å²) in [5.41, 5.74) is 1.57. The maximum atomic E-state index is 14.5. The van der Waals surface area contributed by atoms with Crippen molar-refractivity contribution < 1.29 is 23.4 Å². The first-order valence-electron chi connectivity index (χ1n) is 8.88. The fourth-order valence-corrected chi connectivity index (χ4v) is 3.03. The fraction of sp³-hybridized carbons (Fsp3) is 0.250. The Hall–Kier alpha value is -3.46. The zero-order valence-electron chi connectivity index (χ0n) is 15.9. The van der Waals surface area contributed by atoms with Gasteiger partial charge in [0.15, 0.2) is 23.6 Å². The Morgan fingerprint density at radius 2 is 2.17 bits per heavy atom. The van der Waals surface area contributed by atoms with Gasteiger partial charge < -0.3 is 19.5 Å². The molecule has 3 heterocycles. The van der Waals surface area contributed by atoms with Crippen LogP contribution in [-0.4, -0.2) is 42.5 Å². The summed E-state index contributed by atoms with van der Waals surface area (Å²) < 4.78 is 30.2. The van der Waals surface area contributed by atoms with Crippen molar-refractivity contribution in [2.75, 3.05) is 14.2 Å². The minimum Gasteiger partial charge on any atom is -0.495 e. The van der Waals surface area contributed by atoms with Gasteiger partial charge >= 0.3 is 0 Å². The van der Waals surface area contributed by atoms with E-state index in [1.165, 1.54) is 17.0 Å². The lowest BCUT2D eigenvalue weighted by Gasteiger charge is -2.21. The Morgan fingerprint density at radius 3 is 2.83 bits per heavy atom. The second-order valence-corrected chi connectivity index (χ2v) is 6.41. The van der Waals surface area contributed by atoms with Crippen LogP contribution in [0.25, 0.3) is 0 Å². The number of aromatic nitrogens is 1. The van der Waals surface area contributed by atoms with E-state index in [1.54, 1.807) is 45.0 Å². The van der Waals surface area contributed by atoms with Crippen LogP contribution < -0.4 is 14.8 Å². The number of hydrogen-bond donors (Lipinski definition) is 1. The molecule has 1 unspecified atom stereocenters. The lowest BCUT2D eigenvalue weighted by molar-refractivity contribution is 0.0818. The van der Waals surface area contributed by atoms with Crippen LogP contribution in [0, 0.1) is 5.82 Å². The summed E-state index contributed by atoms with van der Waals surface area (Å²) in [5, 5.41) is 2.97. The molecule has 0 aliphatic carbocycles. The Bertz CT molecular complexity index is 991. The second-order valence-electron chi connectivity index (χ2n) is 6.41. The molecule has 2 aliphatic rings. The van der Waals surface area contributed by atoms with Gasteiger partial charge in [0.2, 0.25) is 0 Å². The molecule has 0 radical (unpaired) electrons. The van der Waals surface area contributed by atoms with Gasteiger partial charge in [-0.25, -0.2) is 9.38 Å². The molecule has 1 aromatic carbocycles. The summed E-state index contributed by atoms with van der Waals surface area (Å²) in [4.78, 5) is 22.7. The topological polar surface area (TPSA) is 85.3 Å². The number of rotatable bonds is 6. The van der Waals surface area contributed by atoms with Crippen molar-refractivity contribution in [1.29, 1.82) is 0 Å². The van der Waals surface area contributed by atoms with E-state index in [9.17, 15) is 9.18 Å². The highest BCUT2D eigenvalue weighted by Gasteiger charge is 2.32. The first-order chi connectivity index (χ1) is 14.1. The number of nitrogens with one attached hydrogen (secondary N) is 1. The molecule has 0 fully saturated rings. The van der Waals surface area contributed by atoms with Gasteiger partial charge in [-0.1, -0.05) is 0 Å². The molecule has 4 rings (SSSR count). The zero-order valence-corrected chi connectivity index (χ0v) is 15.9. The summed E-state index contributed by atoms with van der Waals surface area (Å²) in [7, 11) is 3.10. The van der Waals surface area contributed by atoms with Crippen molar-refractivity contribution in [1.82, 2.24) is 15.2 Å². The van der Waals surface area contributed by atoms with E-state index in [0.29, 0.717) is 28.4 Å². The van der Waals surface area contributed by atoms with E-state index in [0.717, 1.165) is 0 Å². The molecule has 150 valence electrons. The molecule has 1 aromatic heterocycles. The van der Waals surface area contributed by atoms with Gasteiger partial charge in [-0.2, -0.15) is 0 Å². The van der Waals surface area contributed by atoms with E-state index in [2.05, 4.69) is 15.3 Å². The molecule has 8 nitrogen and oxygen atoms in total. The van der Waals surface area contributed by atoms with Crippen LogP contribution in [0.4, 0.5) is 4.39 Å². The van der Waals surface area contributed by atoms with E-state index in [1.807, 2.05) is 0 Å². The normalized spacial score (nSPS) is 17.6. The monoisotopic (exact) mass is 398 g/mol. The highest BCUT2D eigenvalue weighted by atomic mass is 19.1. The number of methoxy groups -OCH3 is 2. The number of carbonyl (C=O) groups excluding carboxylic acids is 1. The number of fused-ring (bicyclic) bond motifs is 1. The van der Waals surface area contributed by atoms with Crippen LogP contribution in [-0.2, 0) is 17.9 Å². The molecule has 1 amide bonds. The van der Waals surface area contributed by atoms with Crippen LogP contribution in [0.1, 0.15) is 21.6 Å². The fourth-order valence-electron chi connectivity index (χ4n) is 3.03. The molecule has 0 bridgehead atoms. The lowest BCUT2D eigenvalue weighted by atomic mass is 10.1. The van der Waals surface area contributed by atoms with Crippen molar-refractivity contribution in [3.05, 3.63) is 65.1 Å². The highest BCUT2D eigenvalue weighted by molar-refractivity contribution is 6.00. The van der Waals surface area contributed by atoms with E-state index < -0.39 is 5.82 Å². The molecule has 0 saturated heterocycles. The molecular weight excluding hydrogens is 379 g/mol. The molecule has 1 N–H and O–H groups in total. The number of ether oxygens (including phenoxy) is 3. The van der Waals surface area contributed by atoms with Crippen molar-refractivity contribution in [2.45, 2.75) is 19.4 Å². The van der Waals surface area contributed by atoms with E-state index in [-0.39, 0.29) is 31.0 Å². The molecule has 0 spiro atoms. The van der Waals surface area contributed by atoms with Gasteiger partial charge in [0, 0.05) is 18.9 Å². The summed E-state index contributed by atoms with van der Waals surface area (Å²) in [6.45, 7) is 0.295. The minimum absolute atomic E-state index is 0.00438. The number of carbonyl (C=O) groups is 1. The number of benzene rings is 1. The van der Waals surface area contributed by atoms with Gasteiger partial charge in [0.25, 0.3) is 5.91 Å². The SMILES string of the molecule is COc1ccc(COc2cc3c(cc2F)CN(C2=CNC(OC)C=N2)C3=O)nc1. The van der Waals surface area contributed by atoms with Gasteiger partial charge in [-0.3, -0.25) is 14.7 Å². The summed E-state index contributed by atoms with van der Waals surface area (Å²) in [6, 6.07) is 6.22. The standard InChI is InChI=1S/C20H19FN4O4/c1-27-14-4-3-13(22-7-14)11-29-17-6-15-12(5-16(17)21)10-25(20(15)26)18-8-24-19(28-2)9-23-18/h3-9,19,24H,10-11H2,1-2H3. The quantitative estimate of drug-likeness (QED) is 0.803. The Kier molecular flexibility index (Phi) is 5.13. The number of pyridine rings is 1. The molecule has 2 aromatic rings. The average molecular weight is 398 g/mol. The van der Waals surface area contributed by atoms with Crippen molar-refractivity contribution in [3.8, 4) is 11.5 Å². The third kappa shape index (κ3) is 3.77. The highest BCUT2D eigenvalue weighted by Crippen LogP contribution is 2.32. The maximum Gasteiger partial charge on any atom is 0.260 e. The van der Waals surface area contributed by atoms with Crippen LogP contribution in [0.2, 0.25) is 0 Å². The Labute approximate surface area is 166 Å². The van der Waals surface area contributed by atoms with Crippen LogP contribution in [0.15, 0.2) is 47.5 Å². The Balaban J connectivity index is 1.49. The van der Waals surface area contributed by atoms with Gasteiger partial charge in [-0.05, 0) is 29.8 Å². The lowest BCUT2D eigenvalue weighted by Crippen LogP contribution is -2.34. The van der Waals surface area contributed by atoms with Crippen molar-refractivity contribution >= 4 is 12.1 Å². The average Bonchev–Trinajstić information content (AvgIpc) is 3.07. The van der Waals surface area contributed by atoms with Gasteiger partial charge in [-0.15, -0.1) is 0 Å². The van der Waals surface area contributed by atoms with Crippen LogP contribution >= 0.6 is 0 Å². The number of hydrogen-bond acceptors (Lipinski definition) is 7. The molecule has 9 heteroatoms. The van der Waals surface area contributed by atoms with Crippen molar-refractivity contribution in [3.63, 3.8) is 0 Å². The minimum atomic E-state index is -0.536. The number of nitrogens with zero attached hydrogens (tertiary/aromatic N) is 3. The first-order valence-corrected chi connectivity index (χ1v) is 8.88. The van der Waals surface area contributed by atoms with E-state index >= 15 is 0 Å². The predicted molar refractivity (Wildman–Crippen MR) is 102 cm³/mol. The number of amides is 1. The third-order valence-electron chi connectivity index (χ3n) is 4.62. The van der Waals surface area contributed by atoms with Crippen LogP contribution in [0.5, 0.6) is 11.5 Å². The smallest absolute Gasteiger partial charge is 0.260 e. The summed E-state index contributed by atoms with van der Waals surface area (Å²) in [5.74, 6) is 0.244. The predicted octanol–water partition coefficient (Wildman–Crippen LogP) is 2.21. The third-order valence-corrected chi connectivity index (χ3v) is 4.62. The van der Waals surface area contributed by atoms with E-state index in [4.69, 9.17) is 14.2 Å². The van der Waals surface area contributed by atoms with Crippen molar-refractivity contribution in [2.24, 2.45) is 4.99 Å². The Morgan fingerprint density at radius 1 is 1.31 bits per heavy atom. The summed E-state index contributed by atoms with van der Waals surface area (Å²) >= 11 is 0. The second kappa shape index (κ2) is 7.88. The molecule has 1 atom stereocenters. The van der Waals surface area contributed by atoms with Gasteiger partial charge in [0.1, 0.15) is 12.4 Å². The van der Waals surface area contributed by atoms with Crippen LogP contribution in [0.3, 0.4) is 0 Å². The largest absolute Gasteiger partial charge is 0.495 e. The molecule has 0 saturated carbocycles. The number of aliphatic imine (C=N–C) groups is 1. The number of halogens is 1. The van der Waals surface area contributed by atoms with Gasteiger partial charge in [0.05, 0.1) is 31.8 Å². The zero-order chi connectivity index (χ0) is 20.4. The summed E-state index contributed by atoms with van der Waals surface area (Å²) in [6.07, 6.45) is 4.37. The molecular formula is C20H19FN4O4. The first kappa shape index (κ1) is 18.9.